The van der Waals surface area contributed by atoms with Gasteiger partial charge in [-0.25, -0.2) is 4.98 Å². The summed E-state index contributed by atoms with van der Waals surface area (Å²) in [5.41, 5.74) is 3.87. The molecule has 124 valence electrons. The first-order chi connectivity index (χ1) is 11.2. The number of oxazole rings is 1. The van der Waals surface area contributed by atoms with Crippen LogP contribution < -0.4 is 5.32 Å². The minimum absolute atomic E-state index is 0.0180. The first-order valence-electron chi connectivity index (χ1n) is 7.10. The van der Waals surface area contributed by atoms with Crippen LogP contribution in [0.1, 0.15) is 11.1 Å². The molecule has 0 spiro atoms. The quantitative estimate of drug-likeness (QED) is 0.744. The van der Waals surface area contributed by atoms with Crippen LogP contribution in [0.4, 0.5) is 18.9 Å². The van der Waals surface area contributed by atoms with Gasteiger partial charge < -0.3 is 9.73 Å². The third kappa shape index (κ3) is 3.10. The van der Waals surface area contributed by atoms with Gasteiger partial charge in [-0.15, -0.1) is 0 Å². The number of halogens is 3. The molecular formula is C17H13F3N2O2. The average Bonchev–Trinajstić information content (AvgIpc) is 2.90. The fourth-order valence-electron chi connectivity index (χ4n) is 2.24. The molecule has 0 saturated carbocycles. The molecule has 1 N–H and O–H groups in total. The van der Waals surface area contributed by atoms with Crippen LogP contribution in [0, 0.1) is 13.8 Å². The van der Waals surface area contributed by atoms with Gasteiger partial charge >= 0.3 is 12.1 Å². The van der Waals surface area contributed by atoms with E-state index >= 15 is 0 Å². The highest BCUT2D eigenvalue weighted by Crippen LogP contribution is 2.28. The SMILES string of the molecule is Cc1cc2nc(-c3cccc(NC(=O)C(F)(F)F)c3)oc2cc1C. The number of hydrogen-bond donors (Lipinski definition) is 1. The predicted octanol–water partition coefficient (Wildman–Crippen LogP) is 4.61. The zero-order chi connectivity index (χ0) is 17.5. The first kappa shape index (κ1) is 16.0. The summed E-state index contributed by atoms with van der Waals surface area (Å²) < 4.78 is 42.7. The molecule has 2 aromatic carbocycles. The van der Waals surface area contributed by atoms with Crippen molar-refractivity contribution in [2.45, 2.75) is 20.0 Å². The highest BCUT2D eigenvalue weighted by atomic mass is 19.4. The number of fused-ring (bicyclic) bond motifs is 1. The number of nitrogens with zero attached hydrogens (tertiary/aromatic N) is 1. The number of aryl methyl sites for hydroxylation is 2. The van der Waals surface area contributed by atoms with E-state index in [9.17, 15) is 18.0 Å². The van der Waals surface area contributed by atoms with Gasteiger partial charge in [0.05, 0.1) is 0 Å². The lowest BCUT2D eigenvalue weighted by atomic mass is 10.1. The standard InChI is InChI=1S/C17H13F3N2O2/c1-9-6-13-14(7-10(9)2)24-15(22-13)11-4-3-5-12(8-11)21-16(23)17(18,19)20/h3-8H,1-2H3,(H,21,23). The van der Waals surface area contributed by atoms with Crippen LogP contribution in [0.2, 0.25) is 0 Å². The summed E-state index contributed by atoms with van der Waals surface area (Å²) in [5, 5.41) is 1.81. The fraction of sp³-hybridized carbons (Fsp3) is 0.176. The van der Waals surface area contributed by atoms with Gasteiger partial charge in [-0.2, -0.15) is 13.2 Å². The van der Waals surface area contributed by atoms with Gasteiger partial charge in [0.2, 0.25) is 5.89 Å². The summed E-state index contributed by atoms with van der Waals surface area (Å²) >= 11 is 0. The molecule has 7 heteroatoms. The Balaban J connectivity index is 1.95. The fourth-order valence-corrected chi connectivity index (χ4v) is 2.24. The Morgan fingerprint density at radius 3 is 2.54 bits per heavy atom. The Labute approximate surface area is 135 Å². The zero-order valence-corrected chi connectivity index (χ0v) is 12.9. The predicted molar refractivity (Wildman–Crippen MR) is 83.6 cm³/mol. The monoisotopic (exact) mass is 334 g/mol. The molecule has 0 bridgehead atoms. The lowest BCUT2D eigenvalue weighted by molar-refractivity contribution is -0.167. The van der Waals surface area contributed by atoms with Gasteiger partial charge in [0.25, 0.3) is 0 Å². The van der Waals surface area contributed by atoms with Crippen LogP contribution in [-0.4, -0.2) is 17.1 Å². The number of carbonyl (C=O) groups excluding carboxylic acids is 1. The lowest BCUT2D eigenvalue weighted by Crippen LogP contribution is -2.29. The van der Waals surface area contributed by atoms with Gasteiger partial charge in [-0.05, 0) is 55.3 Å². The summed E-state index contributed by atoms with van der Waals surface area (Å²) in [5.74, 6) is -1.75. The summed E-state index contributed by atoms with van der Waals surface area (Å²) in [7, 11) is 0. The third-order valence-corrected chi connectivity index (χ3v) is 3.63. The molecule has 1 amide bonds. The van der Waals surface area contributed by atoms with Crippen LogP contribution in [-0.2, 0) is 4.79 Å². The molecule has 3 aromatic rings. The Bertz CT molecular complexity index is 890. The Morgan fingerprint density at radius 1 is 1.12 bits per heavy atom. The molecule has 0 fully saturated rings. The molecule has 1 aromatic heterocycles. The van der Waals surface area contributed by atoms with Crippen LogP contribution in [0.5, 0.6) is 0 Å². The maximum atomic E-state index is 12.3. The van der Waals surface area contributed by atoms with E-state index < -0.39 is 12.1 Å². The van der Waals surface area contributed by atoms with Crippen LogP contribution in [0.25, 0.3) is 22.6 Å². The maximum absolute atomic E-state index is 12.3. The molecule has 0 aliphatic carbocycles. The van der Waals surface area contributed by atoms with Gasteiger partial charge in [0, 0.05) is 11.3 Å². The average molecular weight is 334 g/mol. The number of benzene rings is 2. The Kier molecular flexibility index (Phi) is 3.79. The van der Waals surface area contributed by atoms with Crippen LogP contribution >= 0.6 is 0 Å². The summed E-state index contributed by atoms with van der Waals surface area (Å²) in [6.45, 7) is 3.90. The second kappa shape index (κ2) is 5.67. The number of hydrogen-bond acceptors (Lipinski definition) is 3. The number of anilines is 1. The van der Waals surface area contributed by atoms with E-state index in [0.29, 0.717) is 16.7 Å². The molecule has 1 heterocycles. The molecule has 24 heavy (non-hydrogen) atoms. The molecule has 0 atom stereocenters. The number of carbonyl (C=O) groups is 1. The molecule has 3 rings (SSSR count). The smallest absolute Gasteiger partial charge is 0.436 e. The first-order valence-corrected chi connectivity index (χ1v) is 7.10. The van der Waals surface area contributed by atoms with E-state index in [0.717, 1.165) is 11.1 Å². The van der Waals surface area contributed by atoms with Crippen LogP contribution in [0.3, 0.4) is 0 Å². The van der Waals surface area contributed by atoms with Gasteiger partial charge in [-0.3, -0.25) is 4.79 Å². The maximum Gasteiger partial charge on any atom is 0.471 e. The van der Waals surface area contributed by atoms with Gasteiger partial charge in [0.1, 0.15) is 5.52 Å². The minimum Gasteiger partial charge on any atom is -0.436 e. The van der Waals surface area contributed by atoms with Crippen molar-refractivity contribution in [2.75, 3.05) is 5.32 Å². The second-order valence-electron chi connectivity index (χ2n) is 5.46. The second-order valence-corrected chi connectivity index (χ2v) is 5.46. The van der Waals surface area contributed by atoms with Crippen molar-refractivity contribution < 1.29 is 22.4 Å². The van der Waals surface area contributed by atoms with Crippen molar-refractivity contribution in [3.05, 3.63) is 47.5 Å². The molecule has 0 unspecified atom stereocenters. The van der Waals surface area contributed by atoms with Crippen molar-refractivity contribution in [1.29, 1.82) is 0 Å². The van der Waals surface area contributed by atoms with Crippen molar-refractivity contribution in [3.63, 3.8) is 0 Å². The molecule has 0 aliphatic heterocycles. The number of nitrogens with one attached hydrogen (secondary N) is 1. The van der Waals surface area contributed by atoms with Crippen molar-refractivity contribution in [1.82, 2.24) is 4.98 Å². The van der Waals surface area contributed by atoms with E-state index in [1.807, 2.05) is 31.3 Å². The number of amides is 1. The van der Waals surface area contributed by atoms with Crippen molar-refractivity contribution in [3.8, 4) is 11.5 Å². The van der Waals surface area contributed by atoms with E-state index in [1.54, 1.807) is 6.07 Å². The van der Waals surface area contributed by atoms with E-state index in [-0.39, 0.29) is 11.6 Å². The third-order valence-electron chi connectivity index (χ3n) is 3.63. The van der Waals surface area contributed by atoms with Crippen molar-refractivity contribution in [2.24, 2.45) is 0 Å². The Hall–Kier alpha value is -2.83. The lowest BCUT2D eigenvalue weighted by Gasteiger charge is -2.08. The molecule has 4 nitrogen and oxygen atoms in total. The number of rotatable bonds is 2. The Morgan fingerprint density at radius 2 is 1.83 bits per heavy atom. The summed E-state index contributed by atoms with van der Waals surface area (Å²) in [4.78, 5) is 15.4. The topological polar surface area (TPSA) is 55.1 Å². The van der Waals surface area contributed by atoms with E-state index in [2.05, 4.69) is 4.98 Å². The van der Waals surface area contributed by atoms with Crippen molar-refractivity contribution >= 4 is 22.7 Å². The summed E-state index contributed by atoms with van der Waals surface area (Å²) in [6.07, 6.45) is -4.94. The molecule has 0 saturated heterocycles. The number of alkyl halides is 3. The molecule has 0 aliphatic rings. The van der Waals surface area contributed by atoms with Gasteiger partial charge in [0.15, 0.2) is 5.58 Å². The minimum atomic E-state index is -4.94. The zero-order valence-electron chi connectivity index (χ0n) is 12.9. The van der Waals surface area contributed by atoms with E-state index in [4.69, 9.17) is 4.42 Å². The normalized spacial score (nSPS) is 11.7. The number of aromatic nitrogens is 1. The highest BCUT2D eigenvalue weighted by molar-refractivity contribution is 5.95. The molecule has 0 radical (unpaired) electrons. The largest absolute Gasteiger partial charge is 0.471 e. The van der Waals surface area contributed by atoms with Crippen LogP contribution in [0.15, 0.2) is 40.8 Å². The van der Waals surface area contributed by atoms with Gasteiger partial charge in [-0.1, -0.05) is 6.07 Å². The molecular weight excluding hydrogens is 321 g/mol. The highest BCUT2D eigenvalue weighted by Gasteiger charge is 2.38. The summed E-state index contributed by atoms with van der Waals surface area (Å²) in [6, 6.07) is 9.65. The van der Waals surface area contributed by atoms with E-state index in [1.165, 1.54) is 18.2 Å².